The van der Waals surface area contributed by atoms with Crippen LogP contribution in [0.2, 0.25) is 0 Å². The minimum absolute atomic E-state index is 0.0105. The van der Waals surface area contributed by atoms with Gasteiger partial charge < -0.3 is 14.2 Å². The zero-order chi connectivity index (χ0) is 21.3. The molecule has 158 valence electrons. The van der Waals surface area contributed by atoms with Crippen molar-refractivity contribution in [3.8, 4) is 11.5 Å². The lowest BCUT2D eigenvalue weighted by Crippen LogP contribution is -2.37. The molecule has 0 saturated carbocycles. The molecule has 6 nitrogen and oxygen atoms in total. The van der Waals surface area contributed by atoms with Crippen molar-refractivity contribution in [2.75, 3.05) is 32.3 Å². The van der Waals surface area contributed by atoms with Crippen LogP contribution in [-0.2, 0) is 4.74 Å². The van der Waals surface area contributed by atoms with Crippen molar-refractivity contribution >= 4 is 32.6 Å². The molecule has 0 N–H and O–H groups in total. The molecular formula is C23H26N2O4S. The Morgan fingerprint density at radius 3 is 2.60 bits per heavy atom. The zero-order valence-electron chi connectivity index (χ0n) is 17.7. The second-order valence-electron chi connectivity index (χ2n) is 7.49. The van der Waals surface area contributed by atoms with Crippen LogP contribution >= 0.6 is 11.3 Å². The van der Waals surface area contributed by atoms with Gasteiger partial charge in [-0.25, -0.2) is 4.98 Å². The van der Waals surface area contributed by atoms with Crippen LogP contribution in [0.1, 0.15) is 34.3 Å². The Balaban J connectivity index is 1.79. The van der Waals surface area contributed by atoms with Crippen LogP contribution in [0.15, 0.2) is 30.3 Å². The van der Waals surface area contributed by atoms with Gasteiger partial charge in [-0.05, 0) is 62.1 Å². The highest BCUT2D eigenvalue weighted by Crippen LogP contribution is 2.40. The number of benzene rings is 2. The summed E-state index contributed by atoms with van der Waals surface area (Å²) in [6, 6.07) is 9.49. The van der Waals surface area contributed by atoms with Gasteiger partial charge in [-0.1, -0.05) is 17.4 Å². The predicted molar refractivity (Wildman–Crippen MR) is 119 cm³/mol. The van der Waals surface area contributed by atoms with E-state index < -0.39 is 0 Å². The SMILES string of the molecule is COc1ccc(OC)c2sc(N(CC3CCCO3)C(=O)c3ccc(C)c(C)c3)nc12. The molecule has 1 atom stereocenters. The Morgan fingerprint density at radius 1 is 1.17 bits per heavy atom. The van der Waals surface area contributed by atoms with E-state index in [1.165, 1.54) is 11.3 Å². The molecule has 1 saturated heterocycles. The molecule has 3 aromatic rings. The fourth-order valence-electron chi connectivity index (χ4n) is 3.66. The summed E-state index contributed by atoms with van der Waals surface area (Å²) in [4.78, 5) is 20.1. The molecular weight excluding hydrogens is 400 g/mol. The van der Waals surface area contributed by atoms with Crippen molar-refractivity contribution in [2.45, 2.75) is 32.8 Å². The number of hydrogen-bond acceptors (Lipinski definition) is 6. The van der Waals surface area contributed by atoms with Gasteiger partial charge in [0.25, 0.3) is 5.91 Å². The van der Waals surface area contributed by atoms with Gasteiger partial charge in [0.1, 0.15) is 21.7 Å². The van der Waals surface area contributed by atoms with Crippen molar-refractivity contribution < 1.29 is 19.0 Å². The molecule has 0 spiro atoms. The summed E-state index contributed by atoms with van der Waals surface area (Å²) in [7, 11) is 3.25. The molecule has 4 rings (SSSR count). The van der Waals surface area contributed by atoms with Crippen molar-refractivity contribution in [2.24, 2.45) is 0 Å². The third-order valence-electron chi connectivity index (χ3n) is 5.54. The number of aryl methyl sites for hydroxylation is 2. The van der Waals surface area contributed by atoms with Crippen LogP contribution < -0.4 is 14.4 Å². The molecule has 1 fully saturated rings. The lowest BCUT2D eigenvalue weighted by Gasteiger charge is -2.23. The molecule has 1 unspecified atom stereocenters. The third-order valence-corrected chi connectivity index (χ3v) is 6.63. The minimum Gasteiger partial charge on any atom is -0.495 e. The monoisotopic (exact) mass is 426 g/mol. The maximum absolute atomic E-state index is 13.6. The normalized spacial score (nSPS) is 16.1. The van der Waals surface area contributed by atoms with Crippen LogP contribution in [0.3, 0.4) is 0 Å². The van der Waals surface area contributed by atoms with Crippen molar-refractivity contribution in [3.05, 3.63) is 47.0 Å². The summed E-state index contributed by atoms with van der Waals surface area (Å²) < 4.78 is 17.7. The van der Waals surface area contributed by atoms with E-state index >= 15 is 0 Å². The van der Waals surface area contributed by atoms with E-state index in [1.807, 2.05) is 44.2 Å². The van der Waals surface area contributed by atoms with Crippen LogP contribution in [0, 0.1) is 13.8 Å². The Kier molecular flexibility index (Phi) is 5.92. The number of carbonyl (C=O) groups is 1. The van der Waals surface area contributed by atoms with Crippen molar-refractivity contribution in [1.29, 1.82) is 0 Å². The summed E-state index contributed by atoms with van der Waals surface area (Å²) in [6.07, 6.45) is 1.96. The summed E-state index contributed by atoms with van der Waals surface area (Å²) in [5.74, 6) is 1.29. The molecule has 0 bridgehead atoms. The quantitative estimate of drug-likeness (QED) is 0.569. The van der Waals surface area contributed by atoms with Crippen molar-refractivity contribution in [1.82, 2.24) is 4.98 Å². The maximum Gasteiger partial charge on any atom is 0.260 e. The third kappa shape index (κ3) is 3.87. The van der Waals surface area contributed by atoms with E-state index in [4.69, 9.17) is 19.2 Å². The number of ether oxygens (including phenoxy) is 3. The van der Waals surface area contributed by atoms with E-state index in [0.29, 0.717) is 34.3 Å². The average Bonchev–Trinajstić information content (AvgIpc) is 3.42. The van der Waals surface area contributed by atoms with Gasteiger partial charge in [0, 0.05) is 12.2 Å². The summed E-state index contributed by atoms with van der Waals surface area (Å²) in [6.45, 7) is 5.26. The first-order valence-corrected chi connectivity index (χ1v) is 10.9. The number of amides is 1. The Labute approximate surface area is 180 Å². The Hall–Kier alpha value is -2.64. The highest BCUT2D eigenvalue weighted by atomic mass is 32.1. The molecule has 0 radical (unpaired) electrons. The van der Waals surface area contributed by atoms with Crippen LogP contribution in [0.5, 0.6) is 11.5 Å². The number of thiazole rings is 1. The van der Waals surface area contributed by atoms with E-state index in [9.17, 15) is 4.79 Å². The number of fused-ring (bicyclic) bond motifs is 1. The van der Waals surface area contributed by atoms with Gasteiger partial charge in [-0.15, -0.1) is 0 Å². The average molecular weight is 427 g/mol. The van der Waals surface area contributed by atoms with Gasteiger partial charge in [0.2, 0.25) is 0 Å². The Bertz CT molecular complexity index is 1030. The number of rotatable bonds is 6. The van der Waals surface area contributed by atoms with E-state index in [1.54, 1.807) is 19.1 Å². The van der Waals surface area contributed by atoms with Crippen LogP contribution in [0.25, 0.3) is 10.2 Å². The topological polar surface area (TPSA) is 60.9 Å². The standard InChI is InChI=1S/C23H26N2O4S/c1-14-7-8-16(12-15(14)2)22(26)25(13-17-6-5-11-29-17)23-24-20-18(27-3)9-10-19(28-4)21(20)30-23/h7-10,12,17H,5-6,11,13H2,1-4H3. The summed E-state index contributed by atoms with van der Waals surface area (Å²) >= 11 is 1.43. The highest BCUT2D eigenvalue weighted by Gasteiger charge is 2.28. The second-order valence-corrected chi connectivity index (χ2v) is 8.47. The van der Waals surface area contributed by atoms with Gasteiger partial charge in [-0.3, -0.25) is 9.69 Å². The summed E-state index contributed by atoms with van der Waals surface area (Å²) in [5, 5.41) is 0.617. The fraction of sp³-hybridized carbons (Fsp3) is 0.391. The molecule has 1 amide bonds. The number of nitrogens with zero attached hydrogens (tertiary/aromatic N) is 2. The van der Waals surface area contributed by atoms with Crippen LogP contribution in [0.4, 0.5) is 5.13 Å². The minimum atomic E-state index is -0.0782. The van der Waals surface area contributed by atoms with E-state index in [-0.39, 0.29) is 12.0 Å². The fourth-order valence-corrected chi connectivity index (χ4v) is 4.74. The number of carbonyl (C=O) groups excluding carboxylic acids is 1. The molecule has 0 aliphatic carbocycles. The van der Waals surface area contributed by atoms with E-state index in [0.717, 1.165) is 35.3 Å². The first-order chi connectivity index (χ1) is 14.5. The maximum atomic E-state index is 13.6. The van der Waals surface area contributed by atoms with Gasteiger partial charge >= 0.3 is 0 Å². The number of anilines is 1. The smallest absolute Gasteiger partial charge is 0.260 e. The number of aromatic nitrogens is 1. The Morgan fingerprint density at radius 2 is 1.93 bits per heavy atom. The summed E-state index contributed by atoms with van der Waals surface area (Å²) in [5.41, 5.74) is 3.59. The highest BCUT2D eigenvalue weighted by molar-refractivity contribution is 7.22. The molecule has 30 heavy (non-hydrogen) atoms. The molecule has 2 heterocycles. The second kappa shape index (κ2) is 8.62. The molecule has 1 aliphatic rings. The van der Waals surface area contributed by atoms with Gasteiger partial charge in [-0.2, -0.15) is 0 Å². The lowest BCUT2D eigenvalue weighted by molar-refractivity contribution is 0.0917. The van der Waals surface area contributed by atoms with Crippen molar-refractivity contribution in [3.63, 3.8) is 0 Å². The molecule has 1 aromatic heterocycles. The molecule has 1 aliphatic heterocycles. The zero-order valence-corrected chi connectivity index (χ0v) is 18.5. The lowest BCUT2D eigenvalue weighted by atomic mass is 10.1. The first-order valence-electron chi connectivity index (χ1n) is 10.0. The molecule has 2 aromatic carbocycles. The number of methoxy groups -OCH3 is 2. The van der Waals surface area contributed by atoms with Gasteiger partial charge in [0.15, 0.2) is 5.13 Å². The number of hydrogen-bond donors (Lipinski definition) is 0. The largest absolute Gasteiger partial charge is 0.495 e. The molecule has 7 heteroatoms. The first kappa shape index (κ1) is 20.6. The van der Waals surface area contributed by atoms with Crippen LogP contribution in [-0.4, -0.2) is 44.4 Å². The predicted octanol–water partition coefficient (Wildman–Crippen LogP) is 4.76. The van der Waals surface area contributed by atoms with Gasteiger partial charge in [0.05, 0.1) is 26.9 Å². The van der Waals surface area contributed by atoms with E-state index in [2.05, 4.69) is 0 Å².